The summed E-state index contributed by atoms with van der Waals surface area (Å²) in [6.07, 6.45) is 0.922. The second kappa shape index (κ2) is 10.8. The first-order chi connectivity index (χ1) is 16.9. The largest absolute Gasteiger partial charge is 0.378 e. The number of aryl methyl sites for hydroxylation is 1. The van der Waals surface area contributed by atoms with Crippen molar-refractivity contribution in [2.24, 2.45) is 0 Å². The number of carbonyl (C=O) groups excluding carboxylic acids is 1. The molecule has 0 unspecified atom stereocenters. The number of thioether (sulfide) groups is 1. The lowest BCUT2D eigenvalue weighted by molar-refractivity contribution is -0.127. The number of fused-ring (bicyclic) bond motifs is 1. The van der Waals surface area contributed by atoms with E-state index in [1.807, 2.05) is 85.7 Å². The van der Waals surface area contributed by atoms with E-state index in [1.165, 1.54) is 17.3 Å². The van der Waals surface area contributed by atoms with Gasteiger partial charge in [0.2, 0.25) is 5.91 Å². The maximum absolute atomic E-state index is 13.4. The Kier molecular flexibility index (Phi) is 7.56. The highest BCUT2D eigenvalue weighted by Gasteiger charge is 2.16. The lowest BCUT2D eigenvalue weighted by Gasteiger charge is -2.19. The number of para-hydroxylation sites is 1. The van der Waals surface area contributed by atoms with Crippen molar-refractivity contribution in [2.75, 3.05) is 31.8 Å². The van der Waals surface area contributed by atoms with Crippen molar-refractivity contribution in [2.45, 2.75) is 25.0 Å². The highest BCUT2D eigenvalue weighted by atomic mass is 32.2. The predicted molar refractivity (Wildman–Crippen MR) is 145 cm³/mol. The van der Waals surface area contributed by atoms with Crippen LogP contribution < -0.4 is 10.5 Å². The second-order valence-electron chi connectivity index (χ2n) is 8.67. The van der Waals surface area contributed by atoms with Crippen LogP contribution in [0.4, 0.5) is 5.69 Å². The topological polar surface area (TPSA) is 58.4 Å². The monoisotopic (exact) mass is 486 g/mol. The number of benzene rings is 3. The van der Waals surface area contributed by atoms with E-state index in [0.717, 1.165) is 23.4 Å². The normalized spacial score (nSPS) is 11.0. The highest BCUT2D eigenvalue weighted by Crippen LogP contribution is 2.22. The Balaban J connectivity index is 1.56. The molecule has 4 aromatic rings. The van der Waals surface area contributed by atoms with Gasteiger partial charge in [-0.1, -0.05) is 55.1 Å². The van der Waals surface area contributed by atoms with Crippen LogP contribution in [0.3, 0.4) is 0 Å². The molecule has 1 aromatic heterocycles. The van der Waals surface area contributed by atoms with E-state index in [1.54, 1.807) is 22.6 Å². The molecule has 0 saturated heterocycles. The van der Waals surface area contributed by atoms with E-state index in [2.05, 4.69) is 6.92 Å². The molecule has 0 aliphatic carbocycles. The summed E-state index contributed by atoms with van der Waals surface area (Å²) >= 11 is 1.29. The summed E-state index contributed by atoms with van der Waals surface area (Å²) in [6, 6.07) is 23.4. The Labute approximate surface area is 210 Å². The smallest absolute Gasteiger partial charge is 0.266 e. The fourth-order valence-corrected chi connectivity index (χ4v) is 4.77. The van der Waals surface area contributed by atoms with Gasteiger partial charge in [-0.3, -0.25) is 14.2 Å². The van der Waals surface area contributed by atoms with Crippen LogP contribution >= 0.6 is 11.8 Å². The molecule has 0 fully saturated rings. The first-order valence-corrected chi connectivity index (χ1v) is 12.6. The molecule has 0 radical (unpaired) electrons. The van der Waals surface area contributed by atoms with Crippen molar-refractivity contribution in [3.05, 3.63) is 94.3 Å². The Morgan fingerprint density at radius 1 is 0.914 bits per heavy atom. The van der Waals surface area contributed by atoms with Gasteiger partial charge in [-0.15, -0.1) is 0 Å². The number of amides is 1. The number of aromatic nitrogens is 2. The van der Waals surface area contributed by atoms with Crippen LogP contribution in [0.2, 0.25) is 0 Å². The van der Waals surface area contributed by atoms with E-state index in [4.69, 9.17) is 4.98 Å². The zero-order valence-corrected chi connectivity index (χ0v) is 21.4. The first kappa shape index (κ1) is 24.5. The molecule has 1 heterocycles. The molecule has 1 amide bonds. The van der Waals surface area contributed by atoms with E-state index in [0.29, 0.717) is 22.6 Å². The molecule has 3 aromatic carbocycles. The van der Waals surface area contributed by atoms with E-state index >= 15 is 0 Å². The molecule has 0 spiro atoms. The number of rotatable bonds is 8. The zero-order chi connectivity index (χ0) is 24.9. The lowest BCUT2D eigenvalue weighted by atomic mass is 10.1. The minimum absolute atomic E-state index is 0.0259. The van der Waals surface area contributed by atoms with Gasteiger partial charge in [-0.25, -0.2) is 4.98 Å². The molecule has 0 atom stereocenters. The number of anilines is 1. The molecule has 0 bridgehead atoms. The van der Waals surface area contributed by atoms with Crippen LogP contribution in [0.5, 0.6) is 0 Å². The summed E-state index contributed by atoms with van der Waals surface area (Å²) in [5.41, 5.74) is 4.61. The second-order valence-corrected chi connectivity index (χ2v) is 9.61. The van der Waals surface area contributed by atoms with Gasteiger partial charge in [0.25, 0.3) is 5.56 Å². The molecule has 35 heavy (non-hydrogen) atoms. The van der Waals surface area contributed by atoms with Gasteiger partial charge in [0.15, 0.2) is 5.16 Å². The van der Waals surface area contributed by atoms with Crippen molar-refractivity contribution in [3.8, 4) is 5.69 Å². The fourth-order valence-electron chi connectivity index (χ4n) is 3.82. The fraction of sp³-hybridized carbons (Fsp3) is 0.250. The maximum atomic E-state index is 13.4. The number of carbonyl (C=O) groups is 1. The van der Waals surface area contributed by atoms with Crippen molar-refractivity contribution >= 4 is 34.3 Å². The van der Waals surface area contributed by atoms with Gasteiger partial charge in [0.05, 0.1) is 22.3 Å². The first-order valence-electron chi connectivity index (χ1n) is 11.6. The third kappa shape index (κ3) is 5.57. The molecular weight excluding hydrogens is 456 g/mol. The third-order valence-corrected chi connectivity index (χ3v) is 6.89. The Morgan fingerprint density at radius 2 is 1.57 bits per heavy atom. The number of nitrogens with zero attached hydrogens (tertiary/aromatic N) is 4. The molecule has 0 saturated carbocycles. The lowest BCUT2D eigenvalue weighted by Crippen LogP contribution is -2.28. The van der Waals surface area contributed by atoms with Crippen LogP contribution in [0.15, 0.2) is 82.7 Å². The van der Waals surface area contributed by atoms with E-state index in [9.17, 15) is 9.59 Å². The van der Waals surface area contributed by atoms with Gasteiger partial charge in [-0.05, 0) is 53.9 Å². The van der Waals surface area contributed by atoms with Crippen molar-refractivity contribution in [1.29, 1.82) is 0 Å². The zero-order valence-electron chi connectivity index (χ0n) is 20.6. The molecule has 0 N–H and O–H groups in total. The minimum Gasteiger partial charge on any atom is -0.378 e. The van der Waals surface area contributed by atoms with Gasteiger partial charge >= 0.3 is 0 Å². The highest BCUT2D eigenvalue weighted by molar-refractivity contribution is 7.99. The molecule has 4 rings (SSSR count). The SMILES string of the molecule is CCc1ccc(-n2c(SCC(=O)N(C)Cc3ccc(N(C)C)cc3)nc3ccccc3c2=O)cc1. The third-order valence-electron chi connectivity index (χ3n) is 5.97. The summed E-state index contributed by atoms with van der Waals surface area (Å²) in [6.45, 7) is 2.61. The standard InChI is InChI=1S/C28H30N4O2S/c1-5-20-10-16-23(17-11-20)32-27(34)24-8-6-7-9-25(24)29-28(32)35-19-26(33)31(4)18-21-12-14-22(15-13-21)30(2)3/h6-17H,5,18-19H2,1-4H3. The van der Waals surface area contributed by atoms with Crippen molar-refractivity contribution in [1.82, 2.24) is 14.5 Å². The van der Waals surface area contributed by atoms with Crippen LogP contribution in [0.25, 0.3) is 16.6 Å². The average Bonchev–Trinajstić information content (AvgIpc) is 2.87. The van der Waals surface area contributed by atoms with Crippen molar-refractivity contribution in [3.63, 3.8) is 0 Å². The van der Waals surface area contributed by atoms with Gasteiger partial charge in [0, 0.05) is 33.4 Å². The maximum Gasteiger partial charge on any atom is 0.266 e. The molecular formula is C28H30N4O2S. The quantitative estimate of drug-likeness (QED) is 0.265. The molecule has 0 aliphatic rings. The average molecular weight is 487 g/mol. The summed E-state index contributed by atoms with van der Waals surface area (Å²) in [5.74, 6) is 0.159. The van der Waals surface area contributed by atoms with Gasteiger partial charge in [-0.2, -0.15) is 0 Å². The van der Waals surface area contributed by atoms with Crippen LogP contribution in [0.1, 0.15) is 18.1 Å². The Morgan fingerprint density at radius 3 is 2.23 bits per heavy atom. The number of hydrogen-bond acceptors (Lipinski definition) is 5. The van der Waals surface area contributed by atoms with Crippen molar-refractivity contribution < 1.29 is 4.79 Å². The molecule has 180 valence electrons. The number of hydrogen-bond donors (Lipinski definition) is 0. The Bertz CT molecular complexity index is 1380. The minimum atomic E-state index is -0.135. The van der Waals surface area contributed by atoms with Gasteiger partial charge in [0.1, 0.15) is 0 Å². The summed E-state index contributed by atoms with van der Waals surface area (Å²) in [4.78, 5) is 34.9. The van der Waals surface area contributed by atoms with Gasteiger partial charge < -0.3 is 9.80 Å². The van der Waals surface area contributed by atoms with Crippen LogP contribution in [0, 0.1) is 0 Å². The van der Waals surface area contributed by atoms with Crippen LogP contribution in [-0.4, -0.2) is 47.3 Å². The molecule has 6 nitrogen and oxygen atoms in total. The Hall–Kier alpha value is -3.58. The molecule has 7 heteroatoms. The van der Waals surface area contributed by atoms with E-state index in [-0.39, 0.29) is 17.2 Å². The summed E-state index contributed by atoms with van der Waals surface area (Å²) in [7, 11) is 5.80. The summed E-state index contributed by atoms with van der Waals surface area (Å²) in [5, 5.41) is 1.07. The molecule has 0 aliphatic heterocycles. The van der Waals surface area contributed by atoms with Crippen LogP contribution in [-0.2, 0) is 17.8 Å². The van der Waals surface area contributed by atoms with E-state index < -0.39 is 0 Å². The summed E-state index contributed by atoms with van der Waals surface area (Å²) < 4.78 is 1.61. The predicted octanol–water partition coefficient (Wildman–Crippen LogP) is 4.76.